The molecule has 1 fully saturated rings. The van der Waals surface area contributed by atoms with E-state index in [9.17, 15) is 4.79 Å². The molecule has 0 amide bonds. The number of rotatable bonds is 1. The second kappa shape index (κ2) is 2.92. The van der Waals surface area contributed by atoms with Crippen molar-refractivity contribution in [3.63, 3.8) is 0 Å². The summed E-state index contributed by atoms with van der Waals surface area (Å²) in [5, 5.41) is 2.07. The summed E-state index contributed by atoms with van der Waals surface area (Å²) in [4.78, 5) is 12.7. The van der Waals surface area contributed by atoms with Gasteiger partial charge in [0.1, 0.15) is 5.78 Å². The first kappa shape index (κ1) is 9.41. The van der Waals surface area contributed by atoms with E-state index in [-0.39, 0.29) is 5.41 Å². The molecule has 3 heteroatoms. The Hall–Kier alpha value is -0.150. The molecule has 70 valence electrons. The first-order valence-corrected chi connectivity index (χ1v) is 5.97. The molecule has 1 aromatic rings. The minimum absolute atomic E-state index is 0.145. The third-order valence-corrected chi connectivity index (χ3v) is 4.93. The number of carbonyl (C=O) groups is 1. The topological polar surface area (TPSA) is 17.1 Å². The van der Waals surface area contributed by atoms with Gasteiger partial charge in [0.25, 0.3) is 0 Å². The van der Waals surface area contributed by atoms with Crippen LogP contribution in [0.2, 0.25) is 0 Å². The number of ketones is 1. The van der Waals surface area contributed by atoms with E-state index in [2.05, 4.69) is 27.4 Å². The fourth-order valence-corrected chi connectivity index (χ4v) is 3.68. The Morgan fingerprint density at radius 2 is 2.31 bits per heavy atom. The lowest BCUT2D eigenvalue weighted by molar-refractivity contribution is -0.137. The van der Waals surface area contributed by atoms with Crippen LogP contribution in [0.5, 0.6) is 0 Å². The summed E-state index contributed by atoms with van der Waals surface area (Å²) in [7, 11) is 0. The Balaban J connectivity index is 2.31. The van der Waals surface area contributed by atoms with Crippen LogP contribution in [0.15, 0.2) is 15.9 Å². The molecule has 1 unspecified atom stereocenters. The van der Waals surface area contributed by atoms with Gasteiger partial charge in [-0.2, -0.15) is 0 Å². The van der Waals surface area contributed by atoms with Gasteiger partial charge in [0.05, 0.1) is 0 Å². The van der Waals surface area contributed by atoms with E-state index in [4.69, 9.17) is 0 Å². The summed E-state index contributed by atoms with van der Waals surface area (Å²) >= 11 is 5.25. The summed E-state index contributed by atoms with van der Waals surface area (Å²) in [5.74, 6) is 0.812. The van der Waals surface area contributed by atoms with Crippen molar-refractivity contribution < 1.29 is 4.79 Å². The van der Waals surface area contributed by atoms with Crippen LogP contribution in [0.4, 0.5) is 0 Å². The minimum atomic E-state index is -0.145. The van der Waals surface area contributed by atoms with Crippen molar-refractivity contribution in [2.75, 3.05) is 0 Å². The number of hydrogen-bond acceptors (Lipinski definition) is 2. The molecule has 0 N–H and O–H groups in total. The van der Waals surface area contributed by atoms with Crippen LogP contribution >= 0.6 is 27.3 Å². The maximum atomic E-state index is 11.4. The molecule has 0 aliphatic heterocycles. The molecule has 1 aromatic heterocycles. The lowest BCUT2D eigenvalue weighted by atomic mass is 9.61. The third-order valence-electron chi connectivity index (χ3n) is 2.94. The molecule has 13 heavy (non-hydrogen) atoms. The van der Waals surface area contributed by atoms with Crippen molar-refractivity contribution in [3.05, 3.63) is 20.8 Å². The van der Waals surface area contributed by atoms with Gasteiger partial charge in [-0.05, 0) is 27.4 Å². The second-order valence-corrected chi connectivity index (χ2v) is 5.84. The molecule has 0 radical (unpaired) electrons. The van der Waals surface area contributed by atoms with Crippen molar-refractivity contribution >= 4 is 33.0 Å². The molecule has 0 bridgehead atoms. The highest BCUT2D eigenvalue weighted by molar-refractivity contribution is 9.10. The Kier molecular flexibility index (Phi) is 2.11. The highest BCUT2D eigenvalue weighted by Crippen LogP contribution is 2.52. The average Bonchev–Trinajstić information content (AvgIpc) is 2.47. The van der Waals surface area contributed by atoms with Crippen LogP contribution < -0.4 is 0 Å². The first-order chi connectivity index (χ1) is 6.03. The molecule has 1 nitrogen and oxygen atoms in total. The number of Topliss-reactive ketones (excluding diaryl/α,β-unsaturated/α-hetero) is 1. The average molecular weight is 259 g/mol. The highest BCUT2D eigenvalue weighted by atomic mass is 79.9. The molecule has 1 saturated carbocycles. The van der Waals surface area contributed by atoms with E-state index < -0.39 is 0 Å². The van der Waals surface area contributed by atoms with Crippen LogP contribution in [-0.2, 0) is 4.79 Å². The fourth-order valence-electron chi connectivity index (χ4n) is 1.74. The van der Waals surface area contributed by atoms with Crippen LogP contribution in [-0.4, -0.2) is 5.78 Å². The highest BCUT2D eigenvalue weighted by Gasteiger charge is 2.48. The minimum Gasteiger partial charge on any atom is -0.299 e. The van der Waals surface area contributed by atoms with Crippen molar-refractivity contribution in [2.24, 2.45) is 5.41 Å². The molecule has 0 spiro atoms. The summed E-state index contributed by atoms with van der Waals surface area (Å²) in [6.45, 7) is 4.07. The Morgan fingerprint density at radius 1 is 1.62 bits per heavy atom. The van der Waals surface area contributed by atoms with Gasteiger partial charge in [-0.15, -0.1) is 11.3 Å². The Morgan fingerprint density at radius 3 is 2.69 bits per heavy atom. The van der Waals surface area contributed by atoms with Crippen LogP contribution in [0, 0.1) is 5.41 Å². The maximum Gasteiger partial charge on any atom is 0.139 e. The number of hydrogen-bond donors (Lipinski definition) is 0. The maximum absolute atomic E-state index is 11.4. The normalized spacial score (nSPS) is 25.8. The summed E-state index contributed by atoms with van der Waals surface area (Å²) in [6.07, 6.45) is 0.714. The van der Waals surface area contributed by atoms with Crippen molar-refractivity contribution in [2.45, 2.75) is 26.2 Å². The molecule has 1 aliphatic carbocycles. The lowest BCUT2D eigenvalue weighted by Gasteiger charge is -2.42. The quantitative estimate of drug-likeness (QED) is 0.753. The summed E-state index contributed by atoms with van der Waals surface area (Å²) in [6, 6.07) is 2.05. The van der Waals surface area contributed by atoms with Gasteiger partial charge in [0, 0.05) is 27.1 Å². The zero-order valence-corrected chi connectivity index (χ0v) is 10.0. The predicted molar refractivity (Wildman–Crippen MR) is 58.2 cm³/mol. The monoisotopic (exact) mass is 258 g/mol. The molecule has 1 aliphatic rings. The van der Waals surface area contributed by atoms with E-state index in [1.54, 1.807) is 11.3 Å². The van der Waals surface area contributed by atoms with Crippen LogP contribution in [0.1, 0.15) is 31.1 Å². The van der Waals surface area contributed by atoms with Gasteiger partial charge in [-0.25, -0.2) is 0 Å². The smallest absolute Gasteiger partial charge is 0.139 e. The molecule has 1 atom stereocenters. The zero-order chi connectivity index (χ0) is 9.64. The van der Waals surface area contributed by atoms with Crippen LogP contribution in [0.25, 0.3) is 0 Å². The van der Waals surface area contributed by atoms with Crippen molar-refractivity contribution in [3.8, 4) is 0 Å². The summed E-state index contributed by atoms with van der Waals surface area (Å²) < 4.78 is 1.16. The molecule has 0 aromatic carbocycles. The van der Waals surface area contributed by atoms with Crippen molar-refractivity contribution in [1.29, 1.82) is 0 Å². The van der Waals surface area contributed by atoms with E-state index in [1.165, 1.54) is 4.88 Å². The summed E-state index contributed by atoms with van der Waals surface area (Å²) in [5.41, 5.74) is -0.145. The molecule has 0 saturated heterocycles. The molecular weight excluding hydrogens is 248 g/mol. The fraction of sp³-hybridized carbons (Fsp3) is 0.500. The van der Waals surface area contributed by atoms with Crippen LogP contribution in [0.3, 0.4) is 0 Å². The third kappa shape index (κ3) is 1.29. The van der Waals surface area contributed by atoms with E-state index in [1.807, 2.05) is 13.8 Å². The largest absolute Gasteiger partial charge is 0.299 e. The number of carbonyl (C=O) groups excluding carboxylic acids is 1. The van der Waals surface area contributed by atoms with Gasteiger partial charge < -0.3 is 0 Å². The zero-order valence-electron chi connectivity index (χ0n) is 7.63. The van der Waals surface area contributed by atoms with Gasteiger partial charge in [-0.3, -0.25) is 4.79 Å². The molecule has 1 heterocycles. The SMILES string of the molecule is CC1(C)C(=O)CC1c1sccc1Br. The van der Waals surface area contributed by atoms with Gasteiger partial charge in [-0.1, -0.05) is 13.8 Å². The number of halogens is 1. The molecule has 2 rings (SSSR count). The Bertz CT molecular complexity index is 354. The first-order valence-electron chi connectivity index (χ1n) is 4.29. The molecular formula is C10H11BrOS. The van der Waals surface area contributed by atoms with Gasteiger partial charge in [0.15, 0.2) is 0 Å². The predicted octanol–water partition coefficient (Wildman–Crippen LogP) is 3.59. The van der Waals surface area contributed by atoms with Crippen molar-refractivity contribution in [1.82, 2.24) is 0 Å². The number of thiophene rings is 1. The second-order valence-electron chi connectivity index (χ2n) is 4.03. The lowest BCUT2D eigenvalue weighted by Crippen LogP contribution is -2.43. The van der Waals surface area contributed by atoms with Gasteiger partial charge >= 0.3 is 0 Å². The van der Waals surface area contributed by atoms with E-state index >= 15 is 0 Å². The van der Waals surface area contributed by atoms with Gasteiger partial charge in [0.2, 0.25) is 0 Å². The standard InChI is InChI=1S/C10H11BrOS/c1-10(2)6(5-8(10)12)9-7(11)3-4-13-9/h3-4,6H,5H2,1-2H3. The van der Waals surface area contributed by atoms with E-state index in [0.717, 1.165) is 4.47 Å². The van der Waals surface area contributed by atoms with E-state index in [0.29, 0.717) is 18.1 Å². The Labute approximate surface area is 90.3 Å².